The highest BCUT2D eigenvalue weighted by Gasteiger charge is 2.74. The van der Waals surface area contributed by atoms with Crippen LogP contribution >= 0.6 is 0 Å². The van der Waals surface area contributed by atoms with Gasteiger partial charge in [0.05, 0.1) is 11.6 Å². The van der Waals surface area contributed by atoms with E-state index in [9.17, 15) is 4.79 Å². The number of hydrogen-bond donors (Lipinski definition) is 2. The first kappa shape index (κ1) is 9.57. The molecule has 0 unspecified atom stereocenters. The summed E-state index contributed by atoms with van der Waals surface area (Å²) in [6, 6.07) is 0. The zero-order valence-electron chi connectivity index (χ0n) is 8.94. The van der Waals surface area contributed by atoms with Crippen LogP contribution in [0.3, 0.4) is 0 Å². The standard InChI is InChI=1S/C11H14N4O/c16-10(11-5-8(11)6-11)15-4-3-14-9-7-12-1-2-13-9/h1-2,7-8H,3-6H2,(H,13,14)(H,15,16). The van der Waals surface area contributed by atoms with E-state index in [4.69, 9.17) is 0 Å². The predicted octanol–water partition coefficient (Wildman–Crippen LogP) is 0.415. The molecule has 84 valence electrons. The molecule has 1 heterocycles. The van der Waals surface area contributed by atoms with Crippen molar-refractivity contribution in [1.82, 2.24) is 15.3 Å². The lowest BCUT2D eigenvalue weighted by molar-refractivity contribution is -0.124. The number of amides is 1. The van der Waals surface area contributed by atoms with E-state index >= 15 is 0 Å². The first-order chi connectivity index (χ1) is 7.81. The highest BCUT2D eigenvalue weighted by Crippen LogP contribution is 2.75. The molecule has 0 radical (unpaired) electrons. The molecule has 0 spiro atoms. The molecule has 2 N–H and O–H groups in total. The van der Waals surface area contributed by atoms with Gasteiger partial charge in [-0.1, -0.05) is 0 Å². The van der Waals surface area contributed by atoms with Gasteiger partial charge in [0.1, 0.15) is 5.82 Å². The number of aromatic nitrogens is 2. The van der Waals surface area contributed by atoms with Crippen LogP contribution in [0.2, 0.25) is 0 Å². The largest absolute Gasteiger partial charge is 0.367 e. The number of rotatable bonds is 5. The van der Waals surface area contributed by atoms with Crippen molar-refractivity contribution in [3.63, 3.8) is 0 Å². The molecule has 1 aromatic rings. The fourth-order valence-electron chi connectivity index (χ4n) is 2.01. The molecular formula is C11H14N4O. The summed E-state index contributed by atoms with van der Waals surface area (Å²) in [5, 5.41) is 6.04. The Kier molecular flexibility index (Phi) is 2.05. The van der Waals surface area contributed by atoms with Crippen molar-refractivity contribution < 1.29 is 4.79 Å². The Labute approximate surface area is 93.7 Å². The summed E-state index contributed by atoms with van der Waals surface area (Å²) in [4.78, 5) is 19.6. The Morgan fingerprint density at radius 3 is 2.88 bits per heavy atom. The third kappa shape index (κ3) is 1.62. The van der Waals surface area contributed by atoms with Gasteiger partial charge in [-0.2, -0.15) is 0 Å². The molecule has 0 atom stereocenters. The van der Waals surface area contributed by atoms with Gasteiger partial charge in [0.15, 0.2) is 0 Å². The first-order valence-corrected chi connectivity index (χ1v) is 5.59. The van der Waals surface area contributed by atoms with Crippen molar-refractivity contribution >= 4 is 11.7 Å². The second-order valence-corrected chi connectivity index (χ2v) is 4.53. The summed E-state index contributed by atoms with van der Waals surface area (Å²) in [7, 11) is 0. The number of anilines is 1. The molecule has 1 aromatic heterocycles. The Morgan fingerprint density at radius 2 is 2.25 bits per heavy atom. The molecule has 0 saturated heterocycles. The van der Waals surface area contributed by atoms with Crippen LogP contribution in [0.4, 0.5) is 5.82 Å². The summed E-state index contributed by atoms with van der Waals surface area (Å²) in [6.45, 7) is 1.33. The summed E-state index contributed by atoms with van der Waals surface area (Å²) >= 11 is 0. The van der Waals surface area contributed by atoms with E-state index in [-0.39, 0.29) is 11.3 Å². The smallest absolute Gasteiger partial charge is 0.226 e. The van der Waals surface area contributed by atoms with Crippen LogP contribution in [0, 0.1) is 11.3 Å². The number of carbonyl (C=O) groups is 1. The fraction of sp³-hybridized carbons (Fsp3) is 0.545. The van der Waals surface area contributed by atoms with Crippen LogP contribution in [-0.2, 0) is 4.79 Å². The van der Waals surface area contributed by atoms with Crippen molar-refractivity contribution in [2.45, 2.75) is 12.8 Å². The molecule has 0 aliphatic heterocycles. The number of carbonyl (C=O) groups excluding carboxylic acids is 1. The number of fused-ring (bicyclic) bond motifs is 1. The van der Waals surface area contributed by atoms with E-state index in [2.05, 4.69) is 20.6 Å². The predicted molar refractivity (Wildman–Crippen MR) is 58.7 cm³/mol. The van der Waals surface area contributed by atoms with E-state index in [1.807, 2.05) is 0 Å². The molecular weight excluding hydrogens is 204 g/mol. The van der Waals surface area contributed by atoms with Crippen molar-refractivity contribution in [2.24, 2.45) is 11.3 Å². The Balaban J connectivity index is 1.36. The Bertz CT molecular complexity index is 400. The quantitative estimate of drug-likeness (QED) is 0.703. The summed E-state index contributed by atoms with van der Waals surface area (Å²) in [6.07, 6.45) is 7.15. The van der Waals surface area contributed by atoms with Gasteiger partial charge in [0, 0.05) is 25.5 Å². The fourth-order valence-corrected chi connectivity index (χ4v) is 2.01. The molecule has 2 fully saturated rings. The third-order valence-electron chi connectivity index (χ3n) is 3.41. The van der Waals surface area contributed by atoms with Gasteiger partial charge in [-0.05, 0) is 18.8 Å². The monoisotopic (exact) mass is 218 g/mol. The van der Waals surface area contributed by atoms with Gasteiger partial charge in [-0.3, -0.25) is 9.78 Å². The van der Waals surface area contributed by atoms with Crippen molar-refractivity contribution in [3.8, 4) is 0 Å². The molecule has 2 saturated carbocycles. The molecule has 1 amide bonds. The Hall–Kier alpha value is -1.65. The molecule has 0 bridgehead atoms. The van der Waals surface area contributed by atoms with Gasteiger partial charge in [0.2, 0.25) is 5.91 Å². The van der Waals surface area contributed by atoms with Crippen LogP contribution in [0.5, 0.6) is 0 Å². The first-order valence-electron chi connectivity index (χ1n) is 5.59. The molecule has 0 aromatic carbocycles. The zero-order valence-corrected chi connectivity index (χ0v) is 8.94. The molecule has 2 aliphatic carbocycles. The third-order valence-corrected chi connectivity index (χ3v) is 3.41. The zero-order chi connectivity index (χ0) is 11.0. The van der Waals surface area contributed by atoms with E-state index in [0.717, 1.165) is 18.7 Å². The summed E-state index contributed by atoms with van der Waals surface area (Å²) in [5.41, 5.74) is 0.0759. The molecule has 16 heavy (non-hydrogen) atoms. The highest BCUT2D eigenvalue weighted by molar-refractivity contribution is 5.89. The molecule has 5 heteroatoms. The van der Waals surface area contributed by atoms with Crippen molar-refractivity contribution in [3.05, 3.63) is 18.6 Å². The molecule has 2 aliphatic rings. The van der Waals surface area contributed by atoms with Crippen molar-refractivity contribution in [2.75, 3.05) is 18.4 Å². The number of nitrogens with zero attached hydrogens (tertiary/aromatic N) is 2. The highest BCUT2D eigenvalue weighted by atomic mass is 16.2. The minimum Gasteiger partial charge on any atom is -0.367 e. The normalized spacial score (nSPS) is 29.1. The van der Waals surface area contributed by atoms with Gasteiger partial charge in [0.25, 0.3) is 0 Å². The van der Waals surface area contributed by atoms with E-state index in [0.29, 0.717) is 19.0 Å². The van der Waals surface area contributed by atoms with Crippen LogP contribution in [-0.4, -0.2) is 29.0 Å². The second-order valence-electron chi connectivity index (χ2n) is 4.53. The van der Waals surface area contributed by atoms with Crippen LogP contribution in [0.25, 0.3) is 0 Å². The van der Waals surface area contributed by atoms with E-state index in [1.54, 1.807) is 18.6 Å². The lowest BCUT2D eigenvalue weighted by Crippen LogP contribution is -2.32. The average Bonchev–Trinajstić information content (AvgIpc) is 3.14. The lowest BCUT2D eigenvalue weighted by Gasteiger charge is -2.08. The van der Waals surface area contributed by atoms with E-state index in [1.165, 1.54) is 0 Å². The van der Waals surface area contributed by atoms with Gasteiger partial charge in [-0.15, -0.1) is 0 Å². The maximum Gasteiger partial charge on any atom is 0.226 e. The average molecular weight is 218 g/mol. The maximum atomic E-state index is 11.6. The van der Waals surface area contributed by atoms with Crippen LogP contribution in [0.1, 0.15) is 12.8 Å². The SMILES string of the molecule is O=C(NCCNc1cnccn1)C12CC1C2. The van der Waals surface area contributed by atoms with Crippen LogP contribution in [0.15, 0.2) is 18.6 Å². The number of hydrogen-bond acceptors (Lipinski definition) is 4. The van der Waals surface area contributed by atoms with E-state index < -0.39 is 0 Å². The summed E-state index contributed by atoms with van der Waals surface area (Å²) < 4.78 is 0. The van der Waals surface area contributed by atoms with Gasteiger partial charge >= 0.3 is 0 Å². The minimum absolute atomic E-state index is 0.0759. The summed E-state index contributed by atoms with van der Waals surface area (Å²) in [5.74, 6) is 1.68. The maximum absolute atomic E-state index is 11.6. The lowest BCUT2D eigenvalue weighted by atomic mass is 10.2. The van der Waals surface area contributed by atoms with Gasteiger partial charge in [-0.25, -0.2) is 4.98 Å². The minimum atomic E-state index is 0.0759. The Morgan fingerprint density at radius 1 is 1.44 bits per heavy atom. The second kappa shape index (κ2) is 3.43. The topological polar surface area (TPSA) is 66.9 Å². The van der Waals surface area contributed by atoms with Crippen molar-refractivity contribution in [1.29, 1.82) is 0 Å². The molecule has 3 rings (SSSR count). The number of nitrogens with one attached hydrogen (secondary N) is 2. The molecule has 5 nitrogen and oxygen atoms in total. The van der Waals surface area contributed by atoms with Gasteiger partial charge < -0.3 is 10.6 Å². The van der Waals surface area contributed by atoms with Crippen LogP contribution < -0.4 is 10.6 Å².